The molecule has 2 aromatic rings. The largest absolute Gasteiger partial charge is 0.480 e. The van der Waals surface area contributed by atoms with Gasteiger partial charge in [0.2, 0.25) is 5.91 Å². The maximum Gasteiger partial charge on any atom is 0.317 e. The highest BCUT2D eigenvalue weighted by Gasteiger charge is 2.36. The Labute approximate surface area is 214 Å². The standard InChI is InChI=1S/C24H30N4O8S/c29-22(26-17-8-10-19(11-9-17)37(34,35)36)14-28(16-24(32)33)21-7-2-1-6-20(21)27(15-23(30)31)13-18-5-3-4-12-25-18/h3-5,8-12,20-21H,1-2,6-7,13-16H2,(H,26,29)(H,30,31)(H,32,33)(H,34,35,36)/t20-,21?/m0/s1. The minimum atomic E-state index is -4.38. The number of aromatic nitrogens is 1. The topological polar surface area (TPSA) is 177 Å². The zero-order chi connectivity index (χ0) is 27.0. The number of hydrogen-bond donors (Lipinski definition) is 4. The Morgan fingerprint density at radius 1 is 0.892 bits per heavy atom. The molecule has 1 amide bonds. The van der Waals surface area contributed by atoms with Crippen LogP contribution in [0.5, 0.6) is 0 Å². The third kappa shape index (κ3) is 8.60. The number of anilines is 1. The molecule has 200 valence electrons. The van der Waals surface area contributed by atoms with Gasteiger partial charge in [0.25, 0.3) is 10.1 Å². The van der Waals surface area contributed by atoms with Crippen LogP contribution in [0.1, 0.15) is 31.4 Å². The molecule has 0 spiro atoms. The van der Waals surface area contributed by atoms with Crippen LogP contribution in [0, 0.1) is 0 Å². The average molecular weight is 535 g/mol. The Morgan fingerprint density at radius 2 is 1.49 bits per heavy atom. The van der Waals surface area contributed by atoms with Gasteiger partial charge in [0.05, 0.1) is 30.2 Å². The molecule has 1 aliphatic rings. The normalized spacial score (nSPS) is 18.0. The molecule has 0 aliphatic heterocycles. The highest BCUT2D eigenvalue weighted by Crippen LogP contribution is 2.28. The van der Waals surface area contributed by atoms with Crippen molar-refractivity contribution in [1.82, 2.24) is 14.8 Å². The summed E-state index contributed by atoms with van der Waals surface area (Å²) in [6, 6.07) is 9.56. The van der Waals surface area contributed by atoms with E-state index in [1.807, 2.05) is 6.07 Å². The molecular weight excluding hydrogens is 504 g/mol. The molecule has 1 unspecified atom stereocenters. The number of pyridine rings is 1. The molecular formula is C24H30N4O8S. The highest BCUT2D eigenvalue weighted by molar-refractivity contribution is 7.85. The van der Waals surface area contributed by atoms with E-state index in [-0.39, 0.29) is 42.3 Å². The lowest BCUT2D eigenvalue weighted by Gasteiger charge is -2.44. The third-order valence-corrected chi connectivity index (χ3v) is 7.05. The number of carbonyl (C=O) groups is 3. The lowest BCUT2D eigenvalue weighted by atomic mass is 9.87. The van der Waals surface area contributed by atoms with Gasteiger partial charge in [-0.3, -0.25) is 33.7 Å². The number of amides is 1. The first kappa shape index (κ1) is 28.2. The molecule has 1 saturated carbocycles. The monoisotopic (exact) mass is 534 g/mol. The minimum Gasteiger partial charge on any atom is -0.480 e. The molecule has 1 heterocycles. The zero-order valence-electron chi connectivity index (χ0n) is 20.1. The summed E-state index contributed by atoms with van der Waals surface area (Å²) in [6.07, 6.45) is 4.50. The second kappa shape index (κ2) is 12.7. The van der Waals surface area contributed by atoms with Crippen molar-refractivity contribution in [3.8, 4) is 0 Å². The fourth-order valence-corrected chi connectivity index (χ4v) is 5.15. The van der Waals surface area contributed by atoms with Gasteiger partial charge in [0.1, 0.15) is 0 Å². The van der Waals surface area contributed by atoms with E-state index in [1.54, 1.807) is 28.1 Å². The molecule has 4 N–H and O–H groups in total. The molecule has 0 saturated heterocycles. The van der Waals surface area contributed by atoms with Gasteiger partial charge in [-0.15, -0.1) is 0 Å². The van der Waals surface area contributed by atoms with Gasteiger partial charge in [-0.05, 0) is 49.2 Å². The van der Waals surface area contributed by atoms with Gasteiger partial charge in [0, 0.05) is 30.5 Å². The van der Waals surface area contributed by atoms with Crippen LogP contribution >= 0.6 is 0 Å². The lowest BCUT2D eigenvalue weighted by Crippen LogP contribution is -2.56. The molecule has 1 aliphatic carbocycles. The molecule has 3 rings (SSSR count). The number of hydrogen-bond acceptors (Lipinski definition) is 8. The van der Waals surface area contributed by atoms with E-state index in [0.29, 0.717) is 18.5 Å². The van der Waals surface area contributed by atoms with Gasteiger partial charge >= 0.3 is 11.9 Å². The first-order chi connectivity index (χ1) is 17.5. The van der Waals surface area contributed by atoms with Crippen molar-refractivity contribution in [1.29, 1.82) is 0 Å². The van der Waals surface area contributed by atoms with Crippen LogP contribution in [0.15, 0.2) is 53.6 Å². The molecule has 37 heavy (non-hydrogen) atoms. The summed E-state index contributed by atoms with van der Waals surface area (Å²) in [4.78, 5) is 43.5. The quantitative estimate of drug-likeness (QED) is 0.290. The fourth-order valence-electron chi connectivity index (χ4n) is 4.67. The molecule has 0 bridgehead atoms. The summed E-state index contributed by atoms with van der Waals surface area (Å²) < 4.78 is 31.5. The summed E-state index contributed by atoms with van der Waals surface area (Å²) in [5.74, 6) is -2.65. The van der Waals surface area contributed by atoms with Crippen LogP contribution in [0.4, 0.5) is 5.69 Å². The van der Waals surface area contributed by atoms with Crippen molar-refractivity contribution >= 4 is 33.7 Å². The Bertz CT molecular complexity index is 1190. The van der Waals surface area contributed by atoms with Gasteiger partial charge in [-0.1, -0.05) is 18.9 Å². The molecule has 2 atom stereocenters. The Hall–Kier alpha value is -3.39. The molecule has 0 radical (unpaired) electrons. The van der Waals surface area contributed by atoms with E-state index in [9.17, 15) is 33.0 Å². The minimum absolute atomic E-state index is 0.259. The second-order valence-corrected chi connectivity index (χ2v) is 10.3. The second-order valence-electron chi connectivity index (χ2n) is 8.89. The van der Waals surface area contributed by atoms with E-state index in [2.05, 4.69) is 10.3 Å². The summed E-state index contributed by atoms with van der Waals surface area (Å²) in [6.45, 7) is -0.675. The lowest BCUT2D eigenvalue weighted by molar-refractivity contribution is -0.143. The molecule has 13 heteroatoms. The highest BCUT2D eigenvalue weighted by atomic mass is 32.2. The number of aliphatic carboxylic acids is 2. The fraction of sp³-hybridized carbons (Fsp3) is 0.417. The number of carbonyl (C=O) groups excluding carboxylic acids is 1. The number of benzene rings is 1. The van der Waals surface area contributed by atoms with Crippen LogP contribution in [-0.2, 0) is 31.0 Å². The van der Waals surface area contributed by atoms with Crippen LogP contribution in [0.25, 0.3) is 0 Å². The Morgan fingerprint density at radius 3 is 2.03 bits per heavy atom. The van der Waals surface area contributed by atoms with E-state index < -0.39 is 34.5 Å². The van der Waals surface area contributed by atoms with Crippen molar-refractivity contribution in [3.63, 3.8) is 0 Å². The maximum absolute atomic E-state index is 12.8. The number of nitrogens with one attached hydrogen (secondary N) is 1. The predicted octanol–water partition coefficient (Wildman–Crippen LogP) is 1.55. The first-order valence-corrected chi connectivity index (χ1v) is 13.2. The van der Waals surface area contributed by atoms with Crippen LogP contribution in [0.2, 0.25) is 0 Å². The molecule has 1 aromatic heterocycles. The Kier molecular flexibility index (Phi) is 9.69. The zero-order valence-corrected chi connectivity index (χ0v) is 20.9. The van der Waals surface area contributed by atoms with E-state index in [1.165, 1.54) is 12.1 Å². The summed E-state index contributed by atoms with van der Waals surface area (Å²) in [7, 11) is -4.38. The van der Waals surface area contributed by atoms with Crippen molar-refractivity contribution < 1.29 is 37.6 Å². The molecule has 1 fully saturated rings. The van der Waals surface area contributed by atoms with Crippen molar-refractivity contribution in [2.75, 3.05) is 25.0 Å². The van der Waals surface area contributed by atoms with Gasteiger partial charge in [0.15, 0.2) is 0 Å². The van der Waals surface area contributed by atoms with Crippen molar-refractivity contribution in [2.24, 2.45) is 0 Å². The Balaban J connectivity index is 1.79. The summed E-state index contributed by atoms with van der Waals surface area (Å²) >= 11 is 0. The average Bonchev–Trinajstić information content (AvgIpc) is 2.83. The van der Waals surface area contributed by atoms with Gasteiger partial charge in [-0.2, -0.15) is 8.42 Å². The molecule has 1 aromatic carbocycles. The number of rotatable bonds is 12. The van der Waals surface area contributed by atoms with Gasteiger partial charge < -0.3 is 15.5 Å². The van der Waals surface area contributed by atoms with E-state index in [0.717, 1.165) is 25.0 Å². The summed E-state index contributed by atoms with van der Waals surface area (Å²) in [5, 5.41) is 21.7. The number of carboxylic acid groups (broad SMARTS) is 2. The summed E-state index contributed by atoms with van der Waals surface area (Å²) in [5.41, 5.74) is 0.958. The van der Waals surface area contributed by atoms with Crippen molar-refractivity contribution in [3.05, 3.63) is 54.4 Å². The first-order valence-electron chi connectivity index (χ1n) is 11.7. The van der Waals surface area contributed by atoms with Crippen LogP contribution in [0.3, 0.4) is 0 Å². The smallest absolute Gasteiger partial charge is 0.317 e. The maximum atomic E-state index is 12.8. The SMILES string of the molecule is O=C(O)CN(CC(=O)Nc1ccc(S(=O)(=O)O)cc1)C1CCCC[C@@H]1N(CC(=O)O)Cc1ccccn1. The van der Waals surface area contributed by atoms with E-state index in [4.69, 9.17) is 4.55 Å². The van der Waals surface area contributed by atoms with Crippen LogP contribution in [-0.4, -0.2) is 87.5 Å². The van der Waals surface area contributed by atoms with Crippen LogP contribution < -0.4 is 5.32 Å². The third-order valence-electron chi connectivity index (χ3n) is 6.18. The van der Waals surface area contributed by atoms with Gasteiger partial charge in [-0.25, -0.2) is 0 Å². The number of carboxylic acids is 2. The number of nitrogens with zero attached hydrogens (tertiary/aromatic N) is 3. The predicted molar refractivity (Wildman–Crippen MR) is 132 cm³/mol. The van der Waals surface area contributed by atoms with E-state index >= 15 is 0 Å². The molecule has 12 nitrogen and oxygen atoms in total. The van der Waals surface area contributed by atoms with Crippen molar-refractivity contribution in [2.45, 2.75) is 49.2 Å².